The number of hydrogen-bond acceptors (Lipinski definition) is 5. The average Bonchev–Trinajstić information content (AvgIpc) is 2.83. The first-order valence-electron chi connectivity index (χ1n) is 8.26. The Balaban J connectivity index is 2.04. The summed E-state index contributed by atoms with van der Waals surface area (Å²) in [4.78, 5) is 25.7. The Kier molecular flexibility index (Phi) is 4.82. The van der Waals surface area contributed by atoms with Gasteiger partial charge in [-0.15, -0.1) is 0 Å². The molecule has 3 rings (SSSR count). The number of rotatable bonds is 4. The molecule has 2 aromatic rings. The van der Waals surface area contributed by atoms with Gasteiger partial charge < -0.3 is 4.74 Å². The highest BCUT2D eigenvalue weighted by molar-refractivity contribution is 7.93. The highest BCUT2D eigenvalue weighted by atomic mass is 32.2. The Hall–Kier alpha value is -2.67. The Morgan fingerprint density at radius 2 is 1.69 bits per heavy atom. The van der Waals surface area contributed by atoms with Crippen molar-refractivity contribution in [2.75, 3.05) is 11.5 Å². The van der Waals surface area contributed by atoms with Gasteiger partial charge >= 0.3 is 5.97 Å². The maximum Gasteiger partial charge on any atom is 0.338 e. The molecule has 0 saturated carbocycles. The summed E-state index contributed by atoms with van der Waals surface area (Å²) >= 11 is 0. The average molecular weight is 373 g/mol. The summed E-state index contributed by atoms with van der Waals surface area (Å²) in [5.74, 6) is -0.949. The number of amides is 1. The van der Waals surface area contributed by atoms with E-state index in [1.54, 1.807) is 49.4 Å². The van der Waals surface area contributed by atoms with Crippen LogP contribution >= 0.6 is 0 Å². The van der Waals surface area contributed by atoms with E-state index in [1.807, 2.05) is 0 Å². The molecule has 6 nitrogen and oxygen atoms in total. The van der Waals surface area contributed by atoms with Crippen molar-refractivity contribution >= 4 is 27.4 Å². The molecule has 0 aliphatic carbocycles. The van der Waals surface area contributed by atoms with Gasteiger partial charge in [0.05, 0.1) is 12.2 Å². The first-order chi connectivity index (χ1) is 12.4. The molecule has 0 radical (unpaired) electrons. The minimum absolute atomic E-state index is 0.261. The van der Waals surface area contributed by atoms with Gasteiger partial charge in [-0.25, -0.2) is 13.2 Å². The molecule has 0 spiro atoms. The quantitative estimate of drug-likeness (QED) is 0.770. The van der Waals surface area contributed by atoms with Crippen LogP contribution in [-0.4, -0.2) is 32.2 Å². The van der Waals surface area contributed by atoms with Crippen LogP contribution in [0.1, 0.15) is 35.1 Å². The summed E-state index contributed by atoms with van der Waals surface area (Å²) < 4.78 is 30.6. The van der Waals surface area contributed by atoms with Crippen molar-refractivity contribution in [3.05, 3.63) is 65.7 Å². The van der Waals surface area contributed by atoms with E-state index in [4.69, 9.17) is 4.74 Å². The summed E-state index contributed by atoms with van der Waals surface area (Å²) in [6, 6.07) is 14.8. The molecule has 1 saturated heterocycles. The second kappa shape index (κ2) is 6.92. The van der Waals surface area contributed by atoms with E-state index in [0.717, 1.165) is 0 Å². The Bertz CT molecular complexity index is 922. The van der Waals surface area contributed by atoms with Crippen LogP contribution < -0.4 is 4.90 Å². The molecule has 1 amide bonds. The summed E-state index contributed by atoms with van der Waals surface area (Å²) in [6.07, 6.45) is 0. The van der Waals surface area contributed by atoms with Gasteiger partial charge in [-0.2, -0.15) is 0 Å². The Morgan fingerprint density at radius 1 is 1.08 bits per heavy atom. The van der Waals surface area contributed by atoms with Gasteiger partial charge in [0.25, 0.3) is 0 Å². The summed E-state index contributed by atoms with van der Waals surface area (Å²) in [5, 5.41) is -2.21. The predicted molar refractivity (Wildman–Crippen MR) is 97.4 cm³/mol. The SMILES string of the molecule is CCOC(=O)c1ccc(N2C(=O)[C@H](C)S(=O)(=O)[C@@H]2c2ccccc2)cc1. The fourth-order valence-corrected chi connectivity index (χ4v) is 4.82. The molecule has 1 heterocycles. The summed E-state index contributed by atoms with van der Waals surface area (Å²) in [6.45, 7) is 3.38. The predicted octanol–water partition coefficient (Wildman–Crippen LogP) is 2.71. The number of nitrogens with zero attached hydrogens (tertiary/aromatic N) is 1. The van der Waals surface area contributed by atoms with Crippen LogP contribution in [0.3, 0.4) is 0 Å². The van der Waals surface area contributed by atoms with Crippen LogP contribution in [0.2, 0.25) is 0 Å². The molecular weight excluding hydrogens is 354 g/mol. The number of sulfone groups is 1. The maximum atomic E-state index is 12.8. The molecule has 0 bridgehead atoms. The Morgan fingerprint density at radius 3 is 2.27 bits per heavy atom. The van der Waals surface area contributed by atoms with Crippen LogP contribution in [0.15, 0.2) is 54.6 Å². The second-order valence-electron chi connectivity index (χ2n) is 5.97. The molecule has 7 heteroatoms. The minimum atomic E-state index is -3.72. The number of carbonyl (C=O) groups excluding carboxylic acids is 2. The highest BCUT2D eigenvalue weighted by Gasteiger charge is 2.51. The second-order valence-corrected chi connectivity index (χ2v) is 8.30. The zero-order valence-electron chi connectivity index (χ0n) is 14.5. The van der Waals surface area contributed by atoms with E-state index >= 15 is 0 Å². The molecular formula is C19H19NO5S. The molecule has 1 aliphatic rings. The third-order valence-electron chi connectivity index (χ3n) is 4.37. The largest absolute Gasteiger partial charge is 0.462 e. The molecule has 1 fully saturated rings. The monoisotopic (exact) mass is 373 g/mol. The van der Waals surface area contributed by atoms with E-state index in [2.05, 4.69) is 0 Å². The van der Waals surface area contributed by atoms with Gasteiger partial charge in [0.1, 0.15) is 5.25 Å². The lowest BCUT2D eigenvalue weighted by molar-refractivity contribution is -0.117. The van der Waals surface area contributed by atoms with Crippen LogP contribution in [0.5, 0.6) is 0 Å². The first-order valence-corrected chi connectivity index (χ1v) is 9.86. The normalized spacial score (nSPS) is 21.6. The zero-order valence-corrected chi connectivity index (χ0v) is 15.3. The van der Waals surface area contributed by atoms with Crippen molar-refractivity contribution in [3.63, 3.8) is 0 Å². The smallest absolute Gasteiger partial charge is 0.338 e. The fourth-order valence-electron chi connectivity index (χ4n) is 2.98. The van der Waals surface area contributed by atoms with Crippen molar-refractivity contribution in [1.82, 2.24) is 0 Å². The fraction of sp³-hybridized carbons (Fsp3) is 0.263. The number of esters is 1. The van der Waals surface area contributed by atoms with Gasteiger partial charge in [-0.05, 0) is 43.7 Å². The van der Waals surface area contributed by atoms with Crippen molar-refractivity contribution in [2.24, 2.45) is 0 Å². The lowest BCUT2D eigenvalue weighted by Crippen LogP contribution is -2.30. The molecule has 2 atom stereocenters. The first kappa shape index (κ1) is 18.1. The maximum absolute atomic E-state index is 12.8. The van der Waals surface area contributed by atoms with Crippen LogP contribution in [-0.2, 0) is 19.4 Å². The molecule has 136 valence electrons. The van der Waals surface area contributed by atoms with E-state index in [-0.39, 0.29) is 6.61 Å². The topological polar surface area (TPSA) is 80.8 Å². The van der Waals surface area contributed by atoms with Crippen LogP contribution in [0.4, 0.5) is 5.69 Å². The number of benzene rings is 2. The van der Waals surface area contributed by atoms with E-state index in [1.165, 1.54) is 24.0 Å². The summed E-state index contributed by atoms with van der Waals surface area (Å²) in [7, 11) is -3.72. The number of hydrogen-bond donors (Lipinski definition) is 0. The van der Waals surface area contributed by atoms with Crippen molar-refractivity contribution in [2.45, 2.75) is 24.5 Å². The number of ether oxygens (including phenoxy) is 1. The van der Waals surface area contributed by atoms with Crippen molar-refractivity contribution in [3.8, 4) is 0 Å². The van der Waals surface area contributed by atoms with E-state index in [0.29, 0.717) is 16.8 Å². The Labute approximate surface area is 152 Å². The lowest BCUT2D eigenvalue weighted by Gasteiger charge is -2.24. The van der Waals surface area contributed by atoms with Gasteiger partial charge in [-0.1, -0.05) is 30.3 Å². The molecule has 0 unspecified atom stereocenters. The summed E-state index contributed by atoms with van der Waals surface area (Å²) in [5.41, 5.74) is 1.29. The third kappa shape index (κ3) is 2.99. The van der Waals surface area contributed by atoms with Crippen LogP contribution in [0.25, 0.3) is 0 Å². The lowest BCUT2D eigenvalue weighted by atomic mass is 10.1. The molecule has 2 aromatic carbocycles. The van der Waals surface area contributed by atoms with Crippen molar-refractivity contribution in [1.29, 1.82) is 0 Å². The van der Waals surface area contributed by atoms with Gasteiger partial charge in [0, 0.05) is 5.69 Å². The standard InChI is InChI=1S/C19H19NO5S/c1-3-25-19(22)15-9-11-16(12-10-15)20-17(21)13(2)26(23,24)18(20)14-7-5-4-6-8-14/h4-13,18H,3H2,1-2H3/t13-,18+/m0/s1. The van der Waals surface area contributed by atoms with Gasteiger partial charge in [0.15, 0.2) is 15.2 Å². The molecule has 0 aromatic heterocycles. The van der Waals surface area contributed by atoms with E-state index < -0.39 is 32.3 Å². The van der Waals surface area contributed by atoms with Crippen molar-refractivity contribution < 1.29 is 22.7 Å². The minimum Gasteiger partial charge on any atom is -0.462 e. The third-order valence-corrected chi connectivity index (χ3v) is 6.66. The highest BCUT2D eigenvalue weighted by Crippen LogP contribution is 2.40. The number of carbonyl (C=O) groups is 2. The van der Waals surface area contributed by atoms with Gasteiger partial charge in [0.2, 0.25) is 5.91 Å². The van der Waals surface area contributed by atoms with E-state index in [9.17, 15) is 18.0 Å². The molecule has 1 aliphatic heterocycles. The van der Waals surface area contributed by atoms with Crippen LogP contribution in [0, 0.1) is 0 Å². The molecule has 0 N–H and O–H groups in total. The molecule has 26 heavy (non-hydrogen) atoms. The van der Waals surface area contributed by atoms with Gasteiger partial charge in [-0.3, -0.25) is 9.69 Å². The zero-order chi connectivity index (χ0) is 18.9. The number of anilines is 1.